The van der Waals surface area contributed by atoms with E-state index in [2.05, 4.69) is 4.98 Å². The van der Waals surface area contributed by atoms with Gasteiger partial charge < -0.3 is 10.0 Å². The van der Waals surface area contributed by atoms with Crippen LogP contribution in [0.15, 0.2) is 18.5 Å². The highest BCUT2D eigenvalue weighted by atomic mass is 16.6. The lowest BCUT2D eigenvalue weighted by atomic mass is 10.3. The Morgan fingerprint density at radius 3 is 2.88 bits per heavy atom. The number of hydrogen-bond acceptors (Lipinski definition) is 5. The highest BCUT2D eigenvalue weighted by Crippen LogP contribution is 2.26. The summed E-state index contributed by atoms with van der Waals surface area (Å²) in [6.07, 6.45) is 3.61. The molecular weight excluding hydrogens is 210 g/mol. The van der Waals surface area contributed by atoms with Crippen molar-refractivity contribution in [2.75, 3.05) is 24.6 Å². The van der Waals surface area contributed by atoms with Crippen LogP contribution < -0.4 is 4.90 Å². The zero-order valence-electron chi connectivity index (χ0n) is 9.17. The maximum Gasteiger partial charge on any atom is 0.310 e. The molecule has 0 unspecified atom stereocenters. The molecule has 88 valence electrons. The van der Waals surface area contributed by atoms with Crippen molar-refractivity contribution in [3.05, 3.63) is 28.6 Å². The Hall–Kier alpha value is -1.69. The smallest absolute Gasteiger partial charge is 0.310 e. The average Bonchev–Trinajstić information content (AvgIpc) is 2.29. The van der Waals surface area contributed by atoms with Gasteiger partial charge in [-0.25, -0.2) is 0 Å². The van der Waals surface area contributed by atoms with Gasteiger partial charge >= 0.3 is 5.69 Å². The second-order valence-electron chi connectivity index (χ2n) is 3.33. The molecule has 0 aliphatic heterocycles. The van der Waals surface area contributed by atoms with Gasteiger partial charge in [0.05, 0.1) is 11.5 Å². The Morgan fingerprint density at radius 1 is 1.56 bits per heavy atom. The van der Waals surface area contributed by atoms with Crippen LogP contribution in [0.4, 0.5) is 11.4 Å². The van der Waals surface area contributed by atoms with E-state index in [-0.39, 0.29) is 12.3 Å². The van der Waals surface area contributed by atoms with Crippen LogP contribution in [0.3, 0.4) is 0 Å². The first-order valence-electron chi connectivity index (χ1n) is 5.15. The molecule has 1 heterocycles. The number of aliphatic hydroxyl groups is 1. The third kappa shape index (κ3) is 2.90. The predicted molar refractivity (Wildman–Crippen MR) is 60.5 cm³/mol. The minimum atomic E-state index is -0.456. The van der Waals surface area contributed by atoms with E-state index in [1.54, 1.807) is 11.0 Å². The highest BCUT2D eigenvalue weighted by molar-refractivity contribution is 5.61. The first kappa shape index (κ1) is 12.4. The van der Waals surface area contributed by atoms with Gasteiger partial charge in [0, 0.05) is 19.3 Å². The molecule has 6 heteroatoms. The average molecular weight is 225 g/mol. The molecule has 1 rings (SSSR count). The van der Waals surface area contributed by atoms with Crippen molar-refractivity contribution in [2.45, 2.75) is 13.3 Å². The van der Waals surface area contributed by atoms with Crippen molar-refractivity contribution in [1.82, 2.24) is 4.98 Å². The molecule has 0 bridgehead atoms. The number of hydrogen-bond donors (Lipinski definition) is 1. The molecule has 0 saturated heterocycles. The lowest BCUT2D eigenvalue weighted by Gasteiger charge is -2.22. The van der Waals surface area contributed by atoms with Crippen LogP contribution in [-0.2, 0) is 0 Å². The fourth-order valence-electron chi connectivity index (χ4n) is 1.53. The fraction of sp³-hybridized carbons (Fsp3) is 0.500. The van der Waals surface area contributed by atoms with Gasteiger partial charge in [-0.2, -0.15) is 0 Å². The van der Waals surface area contributed by atoms with Crippen LogP contribution >= 0.6 is 0 Å². The standard InChI is InChI=1S/C10H15N3O3/c1-2-5-12(6-7-14)9-3-4-11-8-10(9)13(15)16/h3-4,8,14H,2,5-7H2,1H3. The van der Waals surface area contributed by atoms with Gasteiger partial charge in [-0.3, -0.25) is 15.1 Å². The molecular formula is C10H15N3O3. The van der Waals surface area contributed by atoms with Crippen LogP contribution in [0.2, 0.25) is 0 Å². The van der Waals surface area contributed by atoms with E-state index in [4.69, 9.17) is 5.11 Å². The molecule has 0 aliphatic carbocycles. The summed E-state index contributed by atoms with van der Waals surface area (Å²) < 4.78 is 0. The van der Waals surface area contributed by atoms with Crippen LogP contribution in [0.1, 0.15) is 13.3 Å². The molecule has 0 amide bonds. The zero-order chi connectivity index (χ0) is 12.0. The third-order valence-electron chi connectivity index (χ3n) is 2.18. The van der Waals surface area contributed by atoms with Gasteiger partial charge in [-0.1, -0.05) is 6.92 Å². The van der Waals surface area contributed by atoms with Gasteiger partial charge in [0.25, 0.3) is 0 Å². The van der Waals surface area contributed by atoms with Crippen molar-refractivity contribution in [3.8, 4) is 0 Å². The summed E-state index contributed by atoms with van der Waals surface area (Å²) in [5.74, 6) is 0. The lowest BCUT2D eigenvalue weighted by molar-refractivity contribution is -0.384. The maximum atomic E-state index is 10.8. The van der Waals surface area contributed by atoms with E-state index in [0.29, 0.717) is 18.8 Å². The van der Waals surface area contributed by atoms with Gasteiger partial charge in [-0.15, -0.1) is 0 Å². The van der Waals surface area contributed by atoms with Crippen molar-refractivity contribution >= 4 is 11.4 Å². The highest BCUT2D eigenvalue weighted by Gasteiger charge is 2.18. The topological polar surface area (TPSA) is 79.5 Å². The molecule has 6 nitrogen and oxygen atoms in total. The summed E-state index contributed by atoms with van der Waals surface area (Å²) in [4.78, 5) is 15.9. The zero-order valence-corrected chi connectivity index (χ0v) is 9.17. The van der Waals surface area contributed by atoms with Crippen LogP contribution in [-0.4, -0.2) is 34.7 Å². The first-order valence-corrected chi connectivity index (χ1v) is 5.15. The molecule has 0 saturated carbocycles. The molecule has 16 heavy (non-hydrogen) atoms. The van der Waals surface area contributed by atoms with E-state index in [9.17, 15) is 10.1 Å². The second kappa shape index (κ2) is 6.02. The molecule has 0 radical (unpaired) electrons. The minimum absolute atomic E-state index is 0.0237. The van der Waals surface area contributed by atoms with Crippen molar-refractivity contribution < 1.29 is 10.0 Å². The molecule has 0 aliphatic rings. The summed E-state index contributed by atoms with van der Waals surface area (Å²) >= 11 is 0. The maximum absolute atomic E-state index is 10.8. The number of nitrogens with zero attached hydrogens (tertiary/aromatic N) is 3. The summed E-state index contributed by atoms with van der Waals surface area (Å²) in [7, 11) is 0. The van der Waals surface area contributed by atoms with Crippen molar-refractivity contribution in [2.24, 2.45) is 0 Å². The molecule has 1 aromatic rings. The Labute approximate surface area is 93.7 Å². The molecule has 1 N–H and O–H groups in total. The molecule has 1 aromatic heterocycles. The number of nitro groups is 1. The molecule has 0 fully saturated rings. The van der Waals surface area contributed by atoms with Gasteiger partial charge in [0.1, 0.15) is 11.9 Å². The van der Waals surface area contributed by atoms with E-state index < -0.39 is 4.92 Å². The predicted octanol–water partition coefficient (Wildman–Crippen LogP) is 1.20. The third-order valence-corrected chi connectivity index (χ3v) is 2.18. The monoisotopic (exact) mass is 225 g/mol. The number of anilines is 1. The second-order valence-corrected chi connectivity index (χ2v) is 3.33. The summed E-state index contributed by atoms with van der Waals surface area (Å²) in [6, 6.07) is 1.60. The van der Waals surface area contributed by atoms with E-state index in [1.807, 2.05) is 6.92 Å². The van der Waals surface area contributed by atoms with Crippen LogP contribution in [0.25, 0.3) is 0 Å². The van der Waals surface area contributed by atoms with Crippen molar-refractivity contribution in [3.63, 3.8) is 0 Å². The SMILES string of the molecule is CCCN(CCO)c1ccncc1[N+](=O)[O-]. The fourth-order valence-corrected chi connectivity index (χ4v) is 1.53. The molecule has 0 spiro atoms. The molecule has 0 atom stereocenters. The van der Waals surface area contributed by atoms with Gasteiger partial charge in [-0.05, 0) is 12.5 Å². The van der Waals surface area contributed by atoms with Crippen LogP contribution in [0.5, 0.6) is 0 Å². The summed E-state index contributed by atoms with van der Waals surface area (Å²) in [5, 5.41) is 19.7. The largest absolute Gasteiger partial charge is 0.395 e. The Balaban J connectivity index is 3.02. The number of aliphatic hydroxyl groups excluding tert-OH is 1. The Morgan fingerprint density at radius 2 is 2.31 bits per heavy atom. The summed E-state index contributed by atoms with van der Waals surface area (Å²) in [6.45, 7) is 3.01. The van der Waals surface area contributed by atoms with Gasteiger partial charge in [0.2, 0.25) is 0 Å². The quantitative estimate of drug-likeness (QED) is 0.581. The lowest BCUT2D eigenvalue weighted by Crippen LogP contribution is -2.28. The van der Waals surface area contributed by atoms with E-state index in [0.717, 1.165) is 6.42 Å². The Bertz CT molecular complexity index is 351. The summed E-state index contributed by atoms with van der Waals surface area (Å²) in [5.41, 5.74) is 0.486. The number of rotatable bonds is 6. The number of aromatic nitrogens is 1. The number of pyridine rings is 1. The van der Waals surface area contributed by atoms with E-state index in [1.165, 1.54) is 12.4 Å². The minimum Gasteiger partial charge on any atom is -0.395 e. The van der Waals surface area contributed by atoms with Gasteiger partial charge in [0.15, 0.2) is 0 Å². The molecule has 0 aromatic carbocycles. The van der Waals surface area contributed by atoms with E-state index >= 15 is 0 Å². The van der Waals surface area contributed by atoms with Crippen molar-refractivity contribution in [1.29, 1.82) is 0 Å². The first-order chi connectivity index (χ1) is 7.70. The Kier molecular flexibility index (Phi) is 4.65. The normalized spacial score (nSPS) is 10.1. The van der Waals surface area contributed by atoms with Crippen LogP contribution in [0, 0.1) is 10.1 Å².